The number of carbonyl (C=O) groups is 1. The maximum Gasteiger partial charge on any atom is 0.244 e. The Hall–Kier alpha value is -4.19. The fourth-order valence-electron chi connectivity index (χ4n) is 4.08. The second-order valence-electron chi connectivity index (χ2n) is 8.17. The van der Waals surface area contributed by atoms with Crippen molar-refractivity contribution in [2.45, 2.75) is 33.4 Å². The summed E-state index contributed by atoms with van der Waals surface area (Å²) >= 11 is 0. The summed E-state index contributed by atoms with van der Waals surface area (Å²) in [4.78, 5) is 22.6. The van der Waals surface area contributed by atoms with Gasteiger partial charge >= 0.3 is 0 Å². The Morgan fingerprint density at radius 2 is 2.09 bits per heavy atom. The van der Waals surface area contributed by atoms with Crippen LogP contribution >= 0.6 is 0 Å². The number of aryl methyl sites for hydroxylation is 2. The summed E-state index contributed by atoms with van der Waals surface area (Å²) in [5.74, 6) is 0.834. The first-order chi connectivity index (χ1) is 15.7. The van der Waals surface area contributed by atoms with Gasteiger partial charge < -0.3 is 15.4 Å². The van der Waals surface area contributed by atoms with E-state index in [2.05, 4.69) is 21.1 Å². The molecule has 33 heavy (non-hydrogen) atoms. The van der Waals surface area contributed by atoms with Crippen molar-refractivity contribution in [3.8, 4) is 22.9 Å². The average molecular weight is 444 g/mol. The summed E-state index contributed by atoms with van der Waals surface area (Å²) in [6, 6.07) is 9.94. The number of benzene rings is 1. The number of anilines is 1. The number of nitriles is 1. The molecule has 0 saturated carbocycles. The molecule has 1 atom stereocenters. The predicted octanol–water partition coefficient (Wildman–Crippen LogP) is 3.12. The number of carbonyl (C=O) groups excluding carboxylic acids is 1. The van der Waals surface area contributed by atoms with Crippen LogP contribution in [-0.4, -0.2) is 38.5 Å². The number of hydrogen-bond donors (Lipinski definition) is 1. The van der Waals surface area contributed by atoms with Crippen molar-refractivity contribution >= 4 is 17.6 Å². The molecule has 0 radical (unpaired) electrons. The third-order valence-electron chi connectivity index (χ3n) is 5.60. The van der Waals surface area contributed by atoms with Gasteiger partial charge in [-0.25, -0.2) is 4.98 Å². The Kier molecular flexibility index (Phi) is 5.60. The van der Waals surface area contributed by atoms with Gasteiger partial charge in [-0.2, -0.15) is 15.4 Å². The van der Waals surface area contributed by atoms with Crippen LogP contribution in [-0.2, 0) is 18.4 Å². The predicted molar refractivity (Wildman–Crippen MR) is 124 cm³/mol. The Labute approximate surface area is 192 Å². The Morgan fingerprint density at radius 1 is 1.33 bits per heavy atom. The number of aromatic nitrogens is 3. The van der Waals surface area contributed by atoms with Gasteiger partial charge in [-0.1, -0.05) is 23.8 Å². The quantitative estimate of drug-likeness (QED) is 0.566. The molecule has 2 aromatic heterocycles. The molecule has 1 amide bonds. The summed E-state index contributed by atoms with van der Waals surface area (Å²) in [6.45, 7) is 5.65. The van der Waals surface area contributed by atoms with Gasteiger partial charge in [0.15, 0.2) is 11.6 Å². The van der Waals surface area contributed by atoms with Crippen LogP contribution in [0, 0.1) is 18.3 Å². The van der Waals surface area contributed by atoms with E-state index in [1.54, 1.807) is 19.3 Å². The molecule has 0 saturated heterocycles. The fraction of sp³-hybridized carbons (Fsp3) is 0.292. The van der Waals surface area contributed by atoms with Crippen LogP contribution in [0.2, 0.25) is 0 Å². The Morgan fingerprint density at radius 3 is 2.79 bits per heavy atom. The van der Waals surface area contributed by atoms with Crippen molar-refractivity contribution in [2.75, 3.05) is 12.8 Å². The molecule has 0 fully saturated rings. The van der Waals surface area contributed by atoms with Crippen LogP contribution in [0.15, 0.2) is 35.5 Å². The van der Waals surface area contributed by atoms with Crippen LogP contribution in [0.3, 0.4) is 0 Å². The van der Waals surface area contributed by atoms with Crippen molar-refractivity contribution in [1.82, 2.24) is 19.7 Å². The molecule has 0 unspecified atom stereocenters. The highest BCUT2D eigenvalue weighted by Crippen LogP contribution is 2.36. The van der Waals surface area contributed by atoms with Crippen LogP contribution in [0.1, 0.15) is 48.0 Å². The summed E-state index contributed by atoms with van der Waals surface area (Å²) in [6.07, 6.45) is 1.20. The van der Waals surface area contributed by atoms with E-state index >= 15 is 0 Å². The minimum atomic E-state index is -0.409. The van der Waals surface area contributed by atoms with E-state index in [4.69, 9.17) is 10.5 Å². The van der Waals surface area contributed by atoms with Crippen molar-refractivity contribution in [3.63, 3.8) is 0 Å². The van der Waals surface area contributed by atoms with Gasteiger partial charge in [-0.05, 0) is 19.9 Å². The molecule has 2 N–H and O–H groups in total. The van der Waals surface area contributed by atoms with Gasteiger partial charge in [-0.15, -0.1) is 0 Å². The molecule has 1 aliphatic rings. The highest BCUT2D eigenvalue weighted by molar-refractivity contribution is 6.05. The minimum absolute atomic E-state index is 0.246. The molecule has 2 bridgehead atoms. The fourth-order valence-corrected chi connectivity index (χ4v) is 4.08. The van der Waals surface area contributed by atoms with Crippen molar-refractivity contribution in [2.24, 2.45) is 12.0 Å². The number of amides is 1. The second-order valence-corrected chi connectivity index (χ2v) is 8.17. The van der Waals surface area contributed by atoms with Gasteiger partial charge in [-0.3, -0.25) is 9.48 Å². The smallest absolute Gasteiger partial charge is 0.244 e. The number of nitrogen functional groups attached to an aromatic ring is 1. The molecule has 1 aliphatic heterocycles. The van der Waals surface area contributed by atoms with E-state index in [-0.39, 0.29) is 11.7 Å². The number of ether oxygens (including phenoxy) is 1. The zero-order chi connectivity index (χ0) is 23.9. The lowest BCUT2D eigenvalue weighted by Gasteiger charge is -2.26. The molecule has 3 heterocycles. The molecule has 0 spiro atoms. The lowest BCUT2D eigenvalue weighted by Crippen LogP contribution is -2.30. The molecule has 3 aromatic rings. The molecule has 9 heteroatoms. The number of rotatable bonds is 0. The number of fused-ring (bicyclic) bond motifs is 5. The van der Waals surface area contributed by atoms with Crippen LogP contribution in [0.5, 0.6) is 5.75 Å². The zero-order valence-electron chi connectivity index (χ0n) is 19.2. The maximum atomic E-state index is 12.1. The highest BCUT2D eigenvalue weighted by Gasteiger charge is 2.26. The van der Waals surface area contributed by atoms with E-state index in [0.717, 1.165) is 16.7 Å². The number of aliphatic imine (C=N–C) groups is 1. The monoisotopic (exact) mass is 443 g/mol. The third kappa shape index (κ3) is 4.03. The lowest BCUT2D eigenvalue weighted by atomic mass is 9.98. The average Bonchev–Trinajstić information content (AvgIpc) is 3.07. The standard InChI is InChI=1S/C24H25N7O2/c1-13-6-7-17-18(8-13)14(2)33-21-9-16(11-27-23(21)26)22-19(29-31(5)20(22)10-25)12-30(4)24(17)28-15(3)32/h6-9,11,14H,12H2,1-5H3,(H2,26,27)/b28-24-/t14-/m1/s1. The topological polar surface area (TPSA) is 122 Å². The van der Waals surface area contributed by atoms with E-state index in [1.165, 1.54) is 11.6 Å². The molecule has 9 nitrogen and oxygen atoms in total. The molecular weight excluding hydrogens is 418 g/mol. The van der Waals surface area contributed by atoms with Crippen molar-refractivity contribution in [1.29, 1.82) is 5.26 Å². The SMILES string of the molecule is CC(=O)/N=C1/c2ccc(C)cc2[C@@H](C)Oc2cc(cnc2N)-c2c(nn(C)c2C#N)CN1C. The largest absolute Gasteiger partial charge is 0.482 e. The number of nitrogens with zero attached hydrogens (tertiary/aromatic N) is 6. The van der Waals surface area contributed by atoms with Crippen molar-refractivity contribution < 1.29 is 9.53 Å². The summed E-state index contributed by atoms with van der Waals surface area (Å²) in [7, 11) is 3.57. The van der Waals surface area contributed by atoms with E-state index < -0.39 is 6.10 Å². The Balaban J connectivity index is 2.03. The highest BCUT2D eigenvalue weighted by atomic mass is 16.5. The van der Waals surface area contributed by atoms with E-state index in [1.807, 2.05) is 44.0 Å². The maximum absolute atomic E-state index is 12.1. The number of amidine groups is 1. The van der Waals surface area contributed by atoms with Gasteiger partial charge in [0.05, 0.1) is 12.2 Å². The van der Waals surface area contributed by atoms with E-state index in [9.17, 15) is 10.1 Å². The van der Waals surface area contributed by atoms with Gasteiger partial charge in [0.25, 0.3) is 0 Å². The van der Waals surface area contributed by atoms with E-state index in [0.29, 0.717) is 40.6 Å². The first-order valence-electron chi connectivity index (χ1n) is 10.5. The molecular formula is C24H25N7O2. The number of hydrogen-bond acceptors (Lipinski definition) is 6. The van der Waals surface area contributed by atoms with Crippen LogP contribution in [0.25, 0.3) is 11.1 Å². The third-order valence-corrected chi connectivity index (χ3v) is 5.60. The van der Waals surface area contributed by atoms with Gasteiger partial charge in [0.2, 0.25) is 5.91 Å². The number of pyridine rings is 1. The summed E-state index contributed by atoms with van der Waals surface area (Å²) in [5, 5.41) is 14.4. The lowest BCUT2D eigenvalue weighted by molar-refractivity contribution is -0.115. The number of nitrogens with two attached hydrogens (primary N) is 1. The zero-order valence-corrected chi connectivity index (χ0v) is 19.2. The first-order valence-corrected chi connectivity index (χ1v) is 10.5. The molecule has 1 aromatic carbocycles. The van der Waals surface area contributed by atoms with Crippen molar-refractivity contribution in [3.05, 3.63) is 58.5 Å². The first kappa shape index (κ1) is 22.0. The Bertz CT molecular complexity index is 1330. The molecule has 4 rings (SSSR count). The van der Waals surface area contributed by atoms with Gasteiger partial charge in [0.1, 0.15) is 23.7 Å². The van der Waals surface area contributed by atoms with Crippen LogP contribution < -0.4 is 10.5 Å². The minimum Gasteiger partial charge on any atom is -0.482 e. The molecule has 0 aliphatic carbocycles. The summed E-state index contributed by atoms with van der Waals surface area (Å²) in [5.41, 5.74) is 11.2. The normalized spacial score (nSPS) is 16.7. The molecule has 168 valence electrons. The van der Waals surface area contributed by atoms with Gasteiger partial charge in [0, 0.05) is 49.5 Å². The second kappa shape index (κ2) is 8.39. The van der Waals surface area contributed by atoms with Crippen LogP contribution in [0.4, 0.5) is 5.82 Å². The summed E-state index contributed by atoms with van der Waals surface area (Å²) < 4.78 is 7.81.